The van der Waals surface area contributed by atoms with Gasteiger partial charge in [-0.05, 0) is 23.8 Å². The molecule has 0 aromatic heterocycles. The number of anilines is 2. The number of carbonyl (C=O) groups is 2. The monoisotopic (exact) mass is 254 g/mol. The second-order valence-corrected chi connectivity index (χ2v) is 4.01. The van der Waals surface area contributed by atoms with Crippen LogP contribution in [-0.2, 0) is 11.2 Å². The SMILES string of the molecule is NC(=O)N(c1ccccc1)c1ccccc1CC=O. The minimum Gasteiger partial charge on any atom is -0.351 e. The molecule has 0 radical (unpaired) electrons. The van der Waals surface area contributed by atoms with E-state index in [0.717, 1.165) is 11.8 Å². The molecule has 4 nitrogen and oxygen atoms in total. The molecule has 2 aromatic carbocycles. The molecule has 4 heteroatoms. The predicted octanol–water partition coefficient (Wildman–Crippen LogP) is 2.64. The van der Waals surface area contributed by atoms with Crippen molar-refractivity contribution in [2.45, 2.75) is 6.42 Å². The minimum atomic E-state index is -0.579. The third-order valence-electron chi connectivity index (χ3n) is 2.77. The summed E-state index contributed by atoms with van der Waals surface area (Å²) < 4.78 is 0. The number of para-hydroxylation sites is 2. The van der Waals surface area contributed by atoms with Gasteiger partial charge in [-0.2, -0.15) is 0 Å². The molecule has 0 heterocycles. The molecular formula is C15H14N2O2. The van der Waals surface area contributed by atoms with Gasteiger partial charge in [-0.25, -0.2) is 4.79 Å². The van der Waals surface area contributed by atoms with Crippen LogP contribution in [0.2, 0.25) is 0 Å². The van der Waals surface area contributed by atoms with Crippen LogP contribution in [0.25, 0.3) is 0 Å². The van der Waals surface area contributed by atoms with E-state index in [9.17, 15) is 9.59 Å². The summed E-state index contributed by atoms with van der Waals surface area (Å²) in [7, 11) is 0. The highest BCUT2D eigenvalue weighted by molar-refractivity contribution is 5.99. The average Bonchev–Trinajstić information content (AvgIpc) is 2.42. The summed E-state index contributed by atoms with van der Waals surface area (Å²) in [5, 5.41) is 0. The Kier molecular flexibility index (Phi) is 3.93. The number of carbonyl (C=O) groups excluding carboxylic acids is 2. The maximum Gasteiger partial charge on any atom is 0.323 e. The van der Waals surface area contributed by atoms with Crippen molar-refractivity contribution < 1.29 is 9.59 Å². The van der Waals surface area contributed by atoms with Gasteiger partial charge >= 0.3 is 6.03 Å². The fraction of sp³-hybridized carbons (Fsp3) is 0.0667. The Morgan fingerprint density at radius 1 is 1.05 bits per heavy atom. The fourth-order valence-electron chi connectivity index (χ4n) is 1.95. The Bertz CT molecular complexity index is 582. The molecule has 19 heavy (non-hydrogen) atoms. The van der Waals surface area contributed by atoms with Crippen LogP contribution >= 0.6 is 0 Å². The quantitative estimate of drug-likeness (QED) is 0.852. The van der Waals surface area contributed by atoms with E-state index in [1.807, 2.05) is 36.4 Å². The van der Waals surface area contributed by atoms with Gasteiger partial charge in [0, 0.05) is 6.42 Å². The van der Waals surface area contributed by atoms with Gasteiger partial charge < -0.3 is 10.5 Å². The number of urea groups is 1. The van der Waals surface area contributed by atoms with E-state index in [1.54, 1.807) is 18.2 Å². The van der Waals surface area contributed by atoms with Crippen LogP contribution in [0.3, 0.4) is 0 Å². The summed E-state index contributed by atoms with van der Waals surface area (Å²) in [6.45, 7) is 0. The summed E-state index contributed by atoms with van der Waals surface area (Å²) in [6, 6.07) is 15.7. The first-order valence-electron chi connectivity index (χ1n) is 5.90. The van der Waals surface area contributed by atoms with Crippen LogP contribution in [0.15, 0.2) is 54.6 Å². The topological polar surface area (TPSA) is 63.4 Å². The molecule has 0 saturated heterocycles. The summed E-state index contributed by atoms with van der Waals surface area (Å²) >= 11 is 0. The minimum absolute atomic E-state index is 0.243. The van der Waals surface area contributed by atoms with Crippen LogP contribution in [0.1, 0.15) is 5.56 Å². The summed E-state index contributed by atoms with van der Waals surface area (Å²) in [5.74, 6) is 0. The zero-order valence-electron chi connectivity index (χ0n) is 10.3. The lowest BCUT2D eigenvalue weighted by atomic mass is 10.1. The smallest absolute Gasteiger partial charge is 0.323 e. The predicted molar refractivity (Wildman–Crippen MR) is 74.4 cm³/mol. The number of rotatable bonds is 4. The highest BCUT2D eigenvalue weighted by Crippen LogP contribution is 2.28. The van der Waals surface area contributed by atoms with Gasteiger partial charge in [-0.1, -0.05) is 36.4 Å². The first-order chi connectivity index (χ1) is 9.24. The fourth-order valence-corrected chi connectivity index (χ4v) is 1.95. The van der Waals surface area contributed by atoms with Gasteiger partial charge in [-0.15, -0.1) is 0 Å². The van der Waals surface area contributed by atoms with Crippen LogP contribution in [0, 0.1) is 0 Å². The zero-order chi connectivity index (χ0) is 13.7. The lowest BCUT2D eigenvalue weighted by molar-refractivity contribution is -0.107. The number of nitrogens with zero attached hydrogens (tertiary/aromatic N) is 1. The maximum absolute atomic E-state index is 11.7. The second kappa shape index (κ2) is 5.82. The van der Waals surface area contributed by atoms with Crippen molar-refractivity contribution in [2.75, 3.05) is 4.90 Å². The highest BCUT2D eigenvalue weighted by Gasteiger charge is 2.17. The summed E-state index contributed by atoms with van der Waals surface area (Å²) in [5.41, 5.74) is 7.54. The van der Waals surface area contributed by atoms with Crippen molar-refractivity contribution in [3.8, 4) is 0 Å². The van der Waals surface area contributed by atoms with E-state index in [4.69, 9.17) is 5.73 Å². The molecule has 0 saturated carbocycles. The number of benzene rings is 2. The molecule has 0 fully saturated rings. The van der Waals surface area contributed by atoms with E-state index in [2.05, 4.69) is 0 Å². The third kappa shape index (κ3) is 2.80. The van der Waals surface area contributed by atoms with E-state index in [-0.39, 0.29) is 6.42 Å². The molecule has 2 amide bonds. The number of nitrogens with two attached hydrogens (primary N) is 1. The van der Waals surface area contributed by atoms with Gasteiger partial charge in [0.15, 0.2) is 0 Å². The van der Waals surface area contributed by atoms with Gasteiger partial charge in [0.1, 0.15) is 6.29 Å². The molecule has 2 aromatic rings. The van der Waals surface area contributed by atoms with Gasteiger partial charge in [0.25, 0.3) is 0 Å². The van der Waals surface area contributed by atoms with E-state index >= 15 is 0 Å². The van der Waals surface area contributed by atoms with Crippen LogP contribution in [0.5, 0.6) is 0 Å². The normalized spacial score (nSPS) is 9.89. The van der Waals surface area contributed by atoms with Crippen LogP contribution < -0.4 is 10.6 Å². The maximum atomic E-state index is 11.7. The van der Waals surface area contributed by atoms with Crippen molar-refractivity contribution in [1.82, 2.24) is 0 Å². The standard InChI is InChI=1S/C15H14N2O2/c16-15(19)17(13-7-2-1-3-8-13)14-9-5-4-6-12(14)10-11-18/h1-9,11H,10H2,(H2,16,19). The molecule has 96 valence electrons. The first-order valence-corrected chi connectivity index (χ1v) is 5.90. The molecule has 0 atom stereocenters. The Balaban J connectivity index is 2.51. The molecule has 2 N–H and O–H groups in total. The Morgan fingerprint density at radius 2 is 1.68 bits per heavy atom. The van der Waals surface area contributed by atoms with E-state index in [1.165, 1.54) is 4.90 Å². The van der Waals surface area contributed by atoms with Crippen molar-refractivity contribution in [1.29, 1.82) is 0 Å². The molecule has 2 rings (SSSR count). The summed E-state index contributed by atoms with van der Waals surface area (Å²) in [6.07, 6.45) is 1.05. The Morgan fingerprint density at radius 3 is 2.32 bits per heavy atom. The lowest BCUT2D eigenvalue weighted by Crippen LogP contribution is -2.32. The second-order valence-electron chi connectivity index (χ2n) is 4.01. The molecule has 0 bridgehead atoms. The van der Waals surface area contributed by atoms with E-state index < -0.39 is 6.03 Å². The number of aldehydes is 1. The van der Waals surface area contributed by atoms with Gasteiger partial charge in [-0.3, -0.25) is 4.90 Å². The average molecular weight is 254 g/mol. The molecule has 0 aliphatic rings. The molecule has 0 aliphatic carbocycles. The van der Waals surface area contributed by atoms with Crippen molar-refractivity contribution in [2.24, 2.45) is 5.73 Å². The molecule has 0 aliphatic heterocycles. The Hall–Kier alpha value is -2.62. The Labute approximate surface area is 111 Å². The van der Waals surface area contributed by atoms with Gasteiger partial charge in [0.05, 0.1) is 11.4 Å². The largest absolute Gasteiger partial charge is 0.351 e. The lowest BCUT2D eigenvalue weighted by Gasteiger charge is -2.22. The van der Waals surface area contributed by atoms with Crippen molar-refractivity contribution in [3.05, 3.63) is 60.2 Å². The first kappa shape index (κ1) is 12.8. The van der Waals surface area contributed by atoms with Crippen LogP contribution in [-0.4, -0.2) is 12.3 Å². The number of amides is 2. The highest BCUT2D eigenvalue weighted by atomic mass is 16.2. The third-order valence-corrected chi connectivity index (χ3v) is 2.77. The molecule has 0 unspecified atom stereocenters. The summed E-state index contributed by atoms with van der Waals surface area (Å²) in [4.78, 5) is 23.8. The van der Waals surface area contributed by atoms with Crippen LogP contribution in [0.4, 0.5) is 16.2 Å². The zero-order valence-corrected chi connectivity index (χ0v) is 10.3. The number of primary amides is 1. The molecular weight excluding hydrogens is 240 g/mol. The number of hydrogen-bond donors (Lipinski definition) is 1. The van der Waals surface area contributed by atoms with Crippen molar-refractivity contribution >= 4 is 23.7 Å². The number of hydrogen-bond acceptors (Lipinski definition) is 2. The van der Waals surface area contributed by atoms with E-state index in [0.29, 0.717) is 11.4 Å². The van der Waals surface area contributed by atoms with Gasteiger partial charge in [0.2, 0.25) is 0 Å². The van der Waals surface area contributed by atoms with Crippen molar-refractivity contribution in [3.63, 3.8) is 0 Å². The molecule has 0 spiro atoms.